The van der Waals surface area contributed by atoms with E-state index in [0.29, 0.717) is 0 Å². The molecule has 0 saturated carbocycles. The minimum Gasteiger partial charge on any atom is -0.348 e. The molecular formula is C2H10NO2P. The molecule has 1 atom stereocenters. The molecule has 0 spiro atoms. The van der Waals surface area contributed by atoms with Crippen molar-refractivity contribution >= 4 is 8.69 Å². The van der Waals surface area contributed by atoms with E-state index in [1.807, 2.05) is 14.1 Å². The minimum atomic E-state index is -1.50. The summed E-state index contributed by atoms with van der Waals surface area (Å²) in [4.78, 5) is 7.10. The molecule has 0 saturated heterocycles. The van der Waals surface area contributed by atoms with E-state index in [-0.39, 0.29) is 0 Å². The van der Waals surface area contributed by atoms with Crippen molar-refractivity contribution in [2.45, 2.75) is 0 Å². The standard InChI is InChI=1S/C2H7N.H3O2P/c2*1-3-2/h3H,1-2H3;3H2,(H,1,2). The Morgan fingerprint density at radius 3 is 1.67 bits per heavy atom. The van der Waals surface area contributed by atoms with Crippen molar-refractivity contribution in [3.05, 3.63) is 0 Å². The summed E-state index contributed by atoms with van der Waals surface area (Å²) >= 11 is 0. The van der Waals surface area contributed by atoms with E-state index in [0.717, 1.165) is 0 Å². The van der Waals surface area contributed by atoms with Crippen LogP contribution >= 0.6 is 8.69 Å². The summed E-state index contributed by atoms with van der Waals surface area (Å²) < 4.78 is 8.57. The van der Waals surface area contributed by atoms with Crippen LogP contribution in [0.1, 0.15) is 0 Å². The molecule has 0 fully saturated rings. The number of hydrogen-bond acceptors (Lipinski definition) is 2. The molecule has 0 aromatic rings. The van der Waals surface area contributed by atoms with Gasteiger partial charge < -0.3 is 10.2 Å². The predicted octanol–water partition coefficient (Wildman–Crippen LogP) is -0.514. The second kappa shape index (κ2) is 19.2. The van der Waals surface area contributed by atoms with Crippen LogP contribution in [0.5, 0.6) is 0 Å². The summed E-state index contributed by atoms with van der Waals surface area (Å²) in [5, 5.41) is 2.75. The van der Waals surface area contributed by atoms with Crippen LogP contribution in [-0.2, 0) is 4.57 Å². The Morgan fingerprint density at radius 1 is 1.67 bits per heavy atom. The first-order valence-corrected chi connectivity index (χ1v) is 2.48. The average Bonchev–Trinajstić information content (AvgIpc) is 1.39. The summed E-state index contributed by atoms with van der Waals surface area (Å²) in [5.41, 5.74) is 0. The summed E-state index contributed by atoms with van der Waals surface area (Å²) in [6.45, 7) is 0. The van der Waals surface area contributed by atoms with Gasteiger partial charge in [-0.25, -0.2) is 0 Å². The zero-order valence-corrected chi connectivity index (χ0v) is 5.09. The van der Waals surface area contributed by atoms with Crippen molar-refractivity contribution in [1.82, 2.24) is 5.32 Å². The molecule has 40 valence electrons. The molecule has 6 heavy (non-hydrogen) atoms. The van der Waals surface area contributed by atoms with Gasteiger partial charge in [0.1, 0.15) is 0 Å². The van der Waals surface area contributed by atoms with Gasteiger partial charge in [-0.1, -0.05) is 0 Å². The van der Waals surface area contributed by atoms with Crippen molar-refractivity contribution < 1.29 is 9.46 Å². The second-order valence-electron chi connectivity index (χ2n) is 0.605. The third-order valence-corrected chi connectivity index (χ3v) is 0. The molecule has 0 aliphatic heterocycles. The van der Waals surface area contributed by atoms with Crippen molar-refractivity contribution in [1.29, 1.82) is 0 Å². The number of hydrogen-bond donors (Lipinski definition) is 2. The van der Waals surface area contributed by atoms with Crippen molar-refractivity contribution in [3.8, 4) is 0 Å². The monoisotopic (exact) mass is 111 g/mol. The van der Waals surface area contributed by atoms with Crippen LogP contribution < -0.4 is 5.32 Å². The molecule has 0 aliphatic carbocycles. The molecule has 0 bridgehead atoms. The first kappa shape index (κ1) is 9.47. The Labute approximate surface area is 38.7 Å². The van der Waals surface area contributed by atoms with Crippen LogP contribution in [0, 0.1) is 0 Å². The molecule has 0 aliphatic rings. The molecule has 0 heterocycles. The van der Waals surface area contributed by atoms with Crippen molar-refractivity contribution in [2.75, 3.05) is 14.1 Å². The Balaban J connectivity index is 0. The van der Waals surface area contributed by atoms with E-state index in [9.17, 15) is 0 Å². The summed E-state index contributed by atoms with van der Waals surface area (Å²) in [7, 11) is 2.25. The maximum Gasteiger partial charge on any atom is 0.177 e. The lowest BCUT2D eigenvalue weighted by molar-refractivity contribution is 0.524. The molecule has 0 aromatic heterocycles. The molecule has 1 unspecified atom stereocenters. The van der Waals surface area contributed by atoms with Gasteiger partial charge in [-0.15, -0.1) is 0 Å². The Hall–Kier alpha value is 0.150. The van der Waals surface area contributed by atoms with E-state index in [2.05, 4.69) is 5.32 Å². The van der Waals surface area contributed by atoms with E-state index < -0.39 is 8.69 Å². The third-order valence-electron chi connectivity index (χ3n) is 0. The molecule has 0 amide bonds. The van der Waals surface area contributed by atoms with Gasteiger partial charge >= 0.3 is 0 Å². The van der Waals surface area contributed by atoms with Gasteiger partial charge in [-0.3, -0.25) is 4.57 Å². The highest BCUT2D eigenvalue weighted by atomic mass is 31.1. The van der Waals surface area contributed by atoms with Crippen LogP contribution in [0.25, 0.3) is 0 Å². The van der Waals surface area contributed by atoms with Gasteiger partial charge in [0.05, 0.1) is 0 Å². The highest BCUT2D eigenvalue weighted by molar-refractivity contribution is 7.16. The maximum atomic E-state index is 8.57. The van der Waals surface area contributed by atoms with Crippen LogP contribution in [0.4, 0.5) is 0 Å². The smallest absolute Gasteiger partial charge is 0.177 e. The highest BCUT2D eigenvalue weighted by Crippen LogP contribution is 1.66. The lowest BCUT2D eigenvalue weighted by atomic mass is 11.3. The number of nitrogens with one attached hydrogen (secondary N) is 1. The predicted molar refractivity (Wildman–Crippen MR) is 27.6 cm³/mol. The third kappa shape index (κ3) is 1830. The Morgan fingerprint density at radius 2 is 1.67 bits per heavy atom. The molecule has 2 N–H and O–H groups in total. The summed E-state index contributed by atoms with van der Waals surface area (Å²) in [5.74, 6) is 0. The second-order valence-corrected chi connectivity index (χ2v) is 0.816. The average molecular weight is 111 g/mol. The first-order chi connectivity index (χ1) is 2.83. The first-order valence-electron chi connectivity index (χ1n) is 1.49. The van der Waals surface area contributed by atoms with E-state index in [4.69, 9.17) is 9.46 Å². The minimum absolute atomic E-state index is 1.50. The fraction of sp³-hybridized carbons (Fsp3) is 1.00. The molecular weight excluding hydrogens is 101 g/mol. The van der Waals surface area contributed by atoms with Gasteiger partial charge in [-0.05, 0) is 14.1 Å². The molecule has 3 nitrogen and oxygen atoms in total. The number of rotatable bonds is 0. The molecule has 0 aromatic carbocycles. The van der Waals surface area contributed by atoms with Gasteiger partial charge in [0.15, 0.2) is 8.69 Å². The molecule has 4 heteroatoms. The van der Waals surface area contributed by atoms with E-state index in [1.165, 1.54) is 0 Å². The normalized spacial score (nSPS) is 7.83. The van der Waals surface area contributed by atoms with Crippen LogP contribution in [0.3, 0.4) is 0 Å². The SMILES string of the molecule is CNC.O=[PH2]O. The lowest BCUT2D eigenvalue weighted by Crippen LogP contribution is -1.89. The van der Waals surface area contributed by atoms with Crippen LogP contribution in [0.15, 0.2) is 0 Å². The Bertz CT molecular complexity index is 25.5. The highest BCUT2D eigenvalue weighted by Gasteiger charge is 1.25. The lowest BCUT2D eigenvalue weighted by Gasteiger charge is -1.59. The van der Waals surface area contributed by atoms with Gasteiger partial charge in [0.2, 0.25) is 0 Å². The van der Waals surface area contributed by atoms with Gasteiger partial charge in [0, 0.05) is 0 Å². The van der Waals surface area contributed by atoms with E-state index >= 15 is 0 Å². The van der Waals surface area contributed by atoms with Gasteiger partial charge in [0.25, 0.3) is 0 Å². The topological polar surface area (TPSA) is 49.3 Å². The van der Waals surface area contributed by atoms with Crippen LogP contribution in [0.2, 0.25) is 0 Å². The summed E-state index contributed by atoms with van der Waals surface area (Å²) in [6.07, 6.45) is 0. The largest absolute Gasteiger partial charge is 0.348 e. The zero-order valence-electron chi connectivity index (χ0n) is 3.93. The maximum absolute atomic E-state index is 8.57. The van der Waals surface area contributed by atoms with Crippen molar-refractivity contribution in [3.63, 3.8) is 0 Å². The fourth-order valence-corrected chi connectivity index (χ4v) is 0. The Kier molecular flexibility index (Phi) is 30.3. The zero-order chi connectivity index (χ0) is 5.41. The quantitative estimate of drug-likeness (QED) is 0.414. The molecule has 0 rings (SSSR count). The van der Waals surface area contributed by atoms with E-state index in [1.54, 1.807) is 0 Å². The van der Waals surface area contributed by atoms with Crippen LogP contribution in [-0.4, -0.2) is 19.0 Å². The van der Waals surface area contributed by atoms with Crippen molar-refractivity contribution in [2.24, 2.45) is 0 Å². The molecule has 0 radical (unpaired) electrons. The summed E-state index contributed by atoms with van der Waals surface area (Å²) in [6, 6.07) is 0. The fourth-order valence-electron chi connectivity index (χ4n) is 0. The van der Waals surface area contributed by atoms with Gasteiger partial charge in [-0.2, -0.15) is 0 Å².